The molecular weight excluding hydrogens is 416 g/mol. The van der Waals surface area contributed by atoms with Crippen molar-refractivity contribution in [2.75, 3.05) is 13.7 Å². The van der Waals surface area contributed by atoms with Gasteiger partial charge in [-0.2, -0.15) is 0 Å². The Hall–Kier alpha value is -1.63. The minimum atomic E-state index is -0.860. The molecule has 0 N–H and O–H groups in total. The number of aliphatic imine (C=N–C) groups is 1. The number of rotatable bonds is 3. The van der Waals surface area contributed by atoms with Crippen LogP contribution >= 0.6 is 27.5 Å². The van der Waals surface area contributed by atoms with E-state index in [-0.39, 0.29) is 35.1 Å². The lowest BCUT2D eigenvalue weighted by atomic mass is 9.95. The Morgan fingerprint density at radius 1 is 1.24 bits per heavy atom. The number of halogens is 4. The van der Waals surface area contributed by atoms with Gasteiger partial charge in [-0.25, -0.2) is 8.78 Å². The van der Waals surface area contributed by atoms with Crippen LogP contribution in [-0.4, -0.2) is 31.3 Å². The van der Waals surface area contributed by atoms with E-state index in [4.69, 9.17) is 16.3 Å². The van der Waals surface area contributed by atoms with E-state index in [1.165, 1.54) is 13.2 Å². The Balaban J connectivity index is 2.34. The lowest BCUT2D eigenvalue weighted by Crippen LogP contribution is -2.25. The fourth-order valence-corrected chi connectivity index (χ4v) is 3.40. The average molecular weight is 429 g/mol. The Morgan fingerprint density at radius 2 is 1.92 bits per heavy atom. The highest BCUT2D eigenvalue weighted by Gasteiger charge is 2.30. The number of hydrogen-bond acceptors (Lipinski definition) is 3. The SMILES string of the molecule is COC[C@@H]1N=C(c2c(F)cccc2F)c2c(ccc(Br)c2Cl)CC1=O. The van der Waals surface area contributed by atoms with E-state index in [2.05, 4.69) is 20.9 Å². The van der Waals surface area contributed by atoms with Gasteiger partial charge in [0, 0.05) is 23.6 Å². The first kappa shape index (κ1) is 18.2. The van der Waals surface area contributed by atoms with Crippen molar-refractivity contribution in [3.05, 3.63) is 68.2 Å². The van der Waals surface area contributed by atoms with Gasteiger partial charge in [0.1, 0.15) is 17.7 Å². The molecule has 1 aliphatic heterocycles. The maximum absolute atomic E-state index is 14.4. The van der Waals surface area contributed by atoms with Gasteiger partial charge in [-0.1, -0.05) is 23.7 Å². The number of Topliss-reactive ketones (excluding diaryl/α,β-unsaturated/α-hetero) is 1. The first-order chi connectivity index (χ1) is 11.9. The van der Waals surface area contributed by atoms with Gasteiger partial charge in [0.05, 0.1) is 22.9 Å². The van der Waals surface area contributed by atoms with E-state index in [0.29, 0.717) is 15.6 Å². The van der Waals surface area contributed by atoms with E-state index < -0.39 is 17.7 Å². The van der Waals surface area contributed by atoms with Gasteiger partial charge in [0.25, 0.3) is 0 Å². The van der Waals surface area contributed by atoms with Gasteiger partial charge < -0.3 is 4.74 Å². The maximum atomic E-state index is 14.4. The Kier molecular flexibility index (Phi) is 5.32. The molecule has 0 unspecified atom stereocenters. The molecular formula is C18H13BrClF2NO2. The molecule has 2 aromatic rings. The zero-order valence-corrected chi connectivity index (χ0v) is 15.5. The average Bonchev–Trinajstić information content (AvgIpc) is 2.69. The molecule has 0 aromatic heterocycles. The topological polar surface area (TPSA) is 38.7 Å². The fraction of sp³-hybridized carbons (Fsp3) is 0.222. The second-order valence-corrected chi connectivity index (χ2v) is 6.82. The van der Waals surface area contributed by atoms with Gasteiger partial charge in [-0.05, 0) is 39.7 Å². The lowest BCUT2D eigenvalue weighted by Gasteiger charge is -2.14. The Morgan fingerprint density at radius 3 is 2.56 bits per heavy atom. The van der Waals surface area contributed by atoms with Crippen LogP contribution in [0.15, 0.2) is 39.8 Å². The van der Waals surface area contributed by atoms with Gasteiger partial charge >= 0.3 is 0 Å². The second-order valence-electron chi connectivity index (χ2n) is 5.58. The van der Waals surface area contributed by atoms with Crippen LogP contribution in [0.5, 0.6) is 0 Å². The molecule has 3 nitrogen and oxygen atoms in total. The van der Waals surface area contributed by atoms with E-state index in [0.717, 1.165) is 12.1 Å². The second kappa shape index (κ2) is 7.32. The normalized spacial score (nSPS) is 17.1. The molecule has 130 valence electrons. The van der Waals surface area contributed by atoms with Crippen molar-refractivity contribution in [3.8, 4) is 0 Å². The summed E-state index contributed by atoms with van der Waals surface area (Å²) in [5, 5.41) is 0.254. The van der Waals surface area contributed by atoms with Gasteiger partial charge in [-0.15, -0.1) is 0 Å². The van der Waals surface area contributed by atoms with E-state index in [9.17, 15) is 13.6 Å². The molecule has 1 heterocycles. The molecule has 0 saturated carbocycles. The summed E-state index contributed by atoms with van der Waals surface area (Å²) in [4.78, 5) is 16.8. The molecule has 0 spiro atoms. The molecule has 1 atom stereocenters. The number of carbonyl (C=O) groups excluding carboxylic acids is 1. The van der Waals surface area contributed by atoms with Crippen molar-refractivity contribution in [1.82, 2.24) is 0 Å². The molecule has 25 heavy (non-hydrogen) atoms. The zero-order chi connectivity index (χ0) is 18.1. The molecule has 0 fully saturated rings. The first-order valence-corrected chi connectivity index (χ1v) is 8.62. The third-order valence-electron chi connectivity index (χ3n) is 3.96. The zero-order valence-electron chi connectivity index (χ0n) is 13.2. The van der Waals surface area contributed by atoms with Crippen molar-refractivity contribution >= 4 is 39.0 Å². The summed E-state index contributed by atoms with van der Waals surface area (Å²) >= 11 is 9.70. The maximum Gasteiger partial charge on any atom is 0.164 e. The third kappa shape index (κ3) is 3.38. The van der Waals surface area contributed by atoms with Gasteiger partial charge in [-0.3, -0.25) is 9.79 Å². The molecule has 1 aliphatic rings. The van der Waals surface area contributed by atoms with Crippen molar-refractivity contribution in [2.45, 2.75) is 12.5 Å². The molecule has 2 aromatic carbocycles. The summed E-state index contributed by atoms with van der Waals surface area (Å²) < 4.78 is 34.4. The number of methoxy groups -OCH3 is 1. The number of carbonyl (C=O) groups is 1. The van der Waals surface area contributed by atoms with Gasteiger partial charge in [0.15, 0.2) is 5.78 Å². The number of fused-ring (bicyclic) bond motifs is 1. The van der Waals surface area contributed by atoms with E-state index >= 15 is 0 Å². The van der Waals surface area contributed by atoms with Crippen LogP contribution in [0.2, 0.25) is 5.02 Å². The Labute approximate surface area is 156 Å². The van der Waals surface area contributed by atoms with Crippen LogP contribution in [0.1, 0.15) is 16.7 Å². The van der Waals surface area contributed by atoms with Crippen LogP contribution < -0.4 is 0 Å². The molecule has 0 saturated heterocycles. The summed E-state index contributed by atoms with van der Waals surface area (Å²) in [7, 11) is 1.44. The molecule has 0 amide bonds. The predicted molar refractivity (Wildman–Crippen MR) is 95.5 cm³/mol. The van der Waals surface area contributed by atoms with E-state index in [1.54, 1.807) is 12.1 Å². The van der Waals surface area contributed by atoms with Crippen LogP contribution in [0, 0.1) is 11.6 Å². The van der Waals surface area contributed by atoms with Crippen molar-refractivity contribution in [2.24, 2.45) is 4.99 Å². The number of hydrogen-bond donors (Lipinski definition) is 0. The molecule has 3 rings (SSSR count). The fourth-order valence-electron chi connectivity index (χ4n) is 2.79. The van der Waals surface area contributed by atoms with Gasteiger partial charge in [0.2, 0.25) is 0 Å². The van der Waals surface area contributed by atoms with Crippen LogP contribution in [0.4, 0.5) is 8.78 Å². The molecule has 7 heteroatoms. The predicted octanol–water partition coefficient (Wildman–Crippen LogP) is 4.36. The minimum Gasteiger partial charge on any atom is -0.382 e. The van der Waals surface area contributed by atoms with Crippen molar-refractivity contribution < 1.29 is 18.3 Å². The summed E-state index contributed by atoms with van der Waals surface area (Å²) in [5.41, 5.74) is 0.634. The summed E-state index contributed by atoms with van der Waals surface area (Å²) in [6.07, 6.45) is 0.0550. The monoisotopic (exact) mass is 427 g/mol. The van der Waals surface area contributed by atoms with Crippen molar-refractivity contribution in [3.63, 3.8) is 0 Å². The largest absolute Gasteiger partial charge is 0.382 e. The van der Waals surface area contributed by atoms with Crippen molar-refractivity contribution in [1.29, 1.82) is 0 Å². The van der Waals surface area contributed by atoms with Crippen LogP contribution in [0.3, 0.4) is 0 Å². The minimum absolute atomic E-state index is 0.0183. The quantitative estimate of drug-likeness (QED) is 0.729. The number of ether oxygens (including phenoxy) is 1. The molecule has 0 aliphatic carbocycles. The number of benzene rings is 2. The van der Waals surface area contributed by atoms with Crippen LogP contribution in [-0.2, 0) is 16.0 Å². The van der Waals surface area contributed by atoms with E-state index in [1.807, 2.05) is 0 Å². The standard InChI is InChI=1S/C18H13BrClF2NO2/c1-25-8-13-14(24)7-9-5-6-10(19)17(20)15(9)18(23-13)16-11(21)3-2-4-12(16)22/h2-6,13H,7-8H2,1H3/t13-/m0/s1. The third-order valence-corrected chi connectivity index (χ3v) is 5.25. The summed E-state index contributed by atoms with van der Waals surface area (Å²) in [6, 6.07) is 6.09. The number of nitrogens with zero attached hydrogens (tertiary/aromatic N) is 1. The first-order valence-electron chi connectivity index (χ1n) is 7.45. The summed E-state index contributed by atoms with van der Waals surface area (Å²) in [6.45, 7) is 0.0190. The highest BCUT2D eigenvalue weighted by Crippen LogP contribution is 2.34. The highest BCUT2D eigenvalue weighted by atomic mass is 79.9. The smallest absolute Gasteiger partial charge is 0.164 e. The Bertz CT molecular complexity index is 865. The molecule has 0 radical (unpaired) electrons. The highest BCUT2D eigenvalue weighted by molar-refractivity contribution is 9.10. The lowest BCUT2D eigenvalue weighted by molar-refractivity contribution is -0.120. The number of ketones is 1. The molecule has 0 bridgehead atoms. The van der Waals surface area contributed by atoms with Crippen LogP contribution in [0.25, 0.3) is 0 Å². The summed E-state index contributed by atoms with van der Waals surface area (Å²) in [5.74, 6) is -1.74.